The van der Waals surface area contributed by atoms with E-state index in [4.69, 9.17) is 18.9 Å². The molecule has 6 atom stereocenters. The highest BCUT2D eigenvalue weighted by molar-refractivity contribution is 5.91. The Bertz CT molecular complexity index is 2430. The molecule has 16 heteroatoms. The van der Waals surface area contributed by atoms with Crippen LogP contribution < -0.4 is 10.6 Å². The highest BCUT2D eigenvalue weighted by atomic mass is 16.5. The van der Waals surface area contributed by atoms with E-state index >= 15 is 0 Å². The molecule has 1 saturated heterocycles. The standard InChI is InChI=1S/C45H52N8O8/c1-25-19-37(53(24-25)43(55)39(27(3)59-5)51-45(57)61-7)41-47-23-35(49-41)33-17-16-31-20-30(14-15-32(31)21-33)28-10-12-29(13-11-28)34-22-46-40(48-34)36-9-8-18-52(36)42(54)38(26(2)58-4)50-44(56)60-6/h10-17,19-23,26-27,36-39H,8-9,18,24H2,1-7H3,(H,46,48)(H,47,49)(H,50,56)(H,51,57)/t26-,27-,36+,37+,38+,39+/m1/s1. The van der Waals surface area contributed by atoms with Gasteiger partial charge in [0.05, 0.1) is 56.3 Å². The maximum Gasteiger partial charge on any atom is 0.407 e. The number of imidazole rings is 2. The number of aromatic amines is 2. The first kappa shape index (κ1) is 42.6. The quantitative estimate of drug-likeness (QED) is 0.0979. The molecule has 320 valence electrons. The number of rotatable bonds is 13. The fraction of sp³-hybridized carbons (Fsp3) is 0.378. The van der Waals surface area contributed by atoms with Gasteiger partial charge >= 0.3 is 12.2 Å². The Morgan fingerprint density at radius 2 is 1.20 bits per heavy atom. The van der Waals surface area contributed by atoms with Gasteiger partial charge in [0.15, 0.2) is 0 Å². The number of nitrogens with zero attached hydrogens (tertiary/aromatic N) is 4. The second-order valence-corrected chi connectivity index (χ2v) is 15.4. The zero-order chi connectivity index (χ0) is 43.4. The number of likely N-dealkylation sites (tertiary alicyclic amines) is 1. The maximum absolute atomic E-state index is 13.8. The minimum atomic E-state index is -0.945. The van der Waals surface area contributed by atoms with Crippen molar-refractivity contribution in [2.75, 3.05) is 41.5 Å². The van der Waals surface area contributed by atoms with Crippen molar-refractivity contribution in [1.29, 1.82) is 0 Å². The van der Waals surface area contributed by atoms with Crippen LogP contribution in [0, 0.1) is 0 Å². The predicted molar refractivity (Wildman–Crippen MR) is 228 cm³/mol. The van der Waals surface area contributed by atoms with Gasteiger partial charge in [-0.25, -0.2) is 19.6 Å². The molecular formula is C45H52N8O8. The third-order valence-electron chi connectivity index (χ3n) is 11.6. The van der Waals surface area contributed by atoms with Crippen molar-refractivity contribution < 1.29 is 38.1 Å². The first-order valence-electron chi connectivity index (χ1n) is 20.2. The molecule has 16 nitrogen and oxygen atoms in total. The van der Waals surface area contributed by atoms with Crippen molar-refractivity contribution >= 4 is 34.8 Å². The van der Waals surface area contributed by atoms with Gasteiger partial charge in [0.1, 0.15) is 29.8 Å². The third kappa shape index (κ3) is 9.00. The summed E-state index contributed by atoms with van der Waals surface area (Å²) in [5.74, 6) is 0.743. The number of aromatic nitrogens is 4. The van der Waals surface area contributed by atoms with E-state index in [0.717, 1.165) is 62.8 Å². The molecule has 0 bridgehead atoms. The van der Waals surface area contributed by atoms with E-state index in [1.165, 1.54) is 28.4 Å². The molecule has 5 aromatic rings. The van der Waals surface area contributed by atoms with Crippen molar-refractivity contribution in [3.63, 3.8) is 0 Å². The van der Waals surface area contributed by atoms with Gasteiger partial charge in [-0.3, -0.25) is 9.59 Å². The predicted octanol–water partition coefficient (Wildman–Crippen LogP) is 6.30. The van der Waals surface area contributed by atoms with Gasteiger partial charge in [-0.1, -0.05) is 60.2 Å². The molecule has 0 spiro atoms. The van der Waals surface area contributed by atoms with Crippen LogP contribution in [-0.4, -0.2) is 120 Å². The lowest BCUT2D eigenvalue weighted by atomic mass is 9.98. The zero-order valence-electron chi connectivity index (χ0n) is 35.4. The summed E-state index contributed by atoms with van der Waals surface area (Å²) < 4.78 is 20.3. The molecule has 0 aliphatic carbocycles. The number of carbonyl (C=O) groups is 4. The van der Waals surface area contributed by atoms with Crippen LogP contribution in [0.1, 0.15) is 57.3 Å². The number of methoxy groups -OCH3 is 4. The molecule has 4 heterocycles. The Morgan fingerprint density at radius 3 is 1.80 bits per heavy atom. The summed E-state index contributed by atoms with van der Waals surface area (Å²) in [5, 5.41) is 7.37. The summed E-state index contributed by atoms with van der Waals surface area (Å²) in [7, 11) is 5.50. The molecule has 0 unspecified atom stereocenters. The first-order chi connectivity index (χ1) is 29.4. The second kappa shape index (κ2) is 18.4. The van der Waals surface area contributed by atoms with E-state index < -0.39 is 42.5 Å². The summed E-state index contributed by atoms with van der Waals surface area (Å²) in [5.41, 5.74) is 6.68. The highest BCUT2D eigenvalue weighted by Crippen LogP contribution is 2.35. The smallest absolute Gasteiger partial charge is 0.407 e. The number of alkyl carbamates (subject to hydrolysis) is 2. The fourth-order valence-electron chi connectivity index (χ4n) is 8.02. The van der Waals surface area contributed by atoms with Gasteiger partial charge in [-0.15, -0.1) is 0 Å². The minimum Gasteiger partial charge on any atom is -0.453 e. The highest BCUT2D eigenvalue weighted by Gasteiger charge is 2.40. The largest absolute Gasteiger partial charge is 0.453 e. The average Bonchev–Trinajstić information content (AvgIpc) is 4.13. The Labute approximate surface area is 354 Å². The normalized spacial score (nSPS) is 18.3. The SMILES string of the molecule is COC(=O)N[C@H](C(=O)N1CC(C)=C[C@H]1c1ncc(-c2ccc3cc(-c4ccc(-c5cnc([C@@H]6CCCN6C(=O)[C@@H](NC(=O)OC)[C@@H](C)OC)[nH]5)cc4)ccc3c2)[nH]1)[C@@H](C)OC. The summed E-state index contributed by atoms with van der Waals surface area (Å²) in [6.07, 6.45) is 4.54. The van der Waals surface area contributed by atoms with Gasteiger partial charge in [-0.05, 0) is 73.2 Å². The van der Waals surface area contributed by atoms with Gasteiger partial charge in [-0.2, -0.15) is 0 Å². The summed E-state index contributed by atoms with van der Waals surface area (Å²) in [6.45, 7) is 6.34. The molecule has 2 aromatic heterocycles. The van der Waals surface area contributed by atoms with Crippen LogP contribution in [0.3, 0.4) is 0 Å². The number of H-pyrrole nitrogens is 2. The van der Waals surface area contributed by atoms with E-state index in [0.29, 0.717) is 24.7 Å². The number of carbonyl (C=O) groups excluding carboxylic acids is 4. The lowest BCUT2D eigenvalue weighted by Crippen LogP contribution is -2.54. The van der Waals surface area contributed by atoms with Crippen molar-refractivity contribution in [1.82, 2.24) is 40.4 Å². The van der Waals surface area contributed by atoms with Gasteiger partial charge in [0.25, 0.3) is 0 Å². The van der Waals surface area contributed by atoms with Crippen LogP contribution in [0.25, 0.3) is 44.4 Å². The van der Waals surface area contributed by atoms with Crippen molar-refractivity contribution in [2.24, 2.45) is 0 Å². The van der Waals surface area contributed by atoms with E-state index in [1.54, 1.807) is 36.0 Å². The molecule has 0 radical (unpaired) electrons. The minimum absolute atomic E-state index is 0.250. The Balaban J connectivity index is 1.04. The van der Waals surface area contributed by atoms with Crippen molar-refractivity contribution in [3.8, 4) is 33.6 Å². The Hall–Kier alpha value is -6.52. The fourth-order valence-corrected chi connectivity index (χ4v) is 8.02. The van der Waals surface area contributed by atoms with Gasteiger partial charge < -0.3 is 49.3 Å². The summed E-state index contributed by atoms with van der Waals surface area (Å²) in [6, 6.07) is 18.3. The number of fused-ring (bicyclic) bond motifs is 1. The second-order valence-electron chi connectivity index (χ2n) is 15.4. The summed E-state index contributed by atoms with van der Waals surface area (Å²) in [4.78, 5) is 71.2. The zero-order valence-corrected chi connectivity index (χ0v) is 35.4. The van der Waals surface area contributed by atoms with E-state index in [9.17, 15) is 19.2 Å². The van der Waals surface area contributed by atoms with Crippen LogP contribution in [0.4, 0.5) is 9.59 Å². The Kier molecular flexibility index (Phi) is 12.8. The number of hydrogen-bond acceptors (Lipinski definition) is 10. The van der Waals surface area contributed by atoms with Gasteiger partial charge in [0.2, 0.25) is 11.8 Å². The van der Waals surface area contributed by atoms with E-state index in [-0.39, 0.29) is 17.9 Å². The molecule has 2 aliphatic heterocycles. The van der Waals surface area contributed by atoms with Crippen LogP contribution in [0.15, 0.2) is 84.7 Å². The Morgan fingerprint density at radius 1 is 0.689 bits per heavy atom. The molecule has 4 N–H and O–H groups in total. The topological polar surface area (TPSA) is 193 Å². The van der Waals surface area contributed by atoms with Gasteiger partial charge in [0, 0.05) is 32.9 Å². The molecule has 7 rings (SSSR count). The number of amides is 4. The van der Waals surface area contributed by atoms with Crippen molar-refractivity contribution in [3.05, 3.63) is 96.4 Å². The van der Waals surface area contributed by atoms with Crippen LogP contribution in [-0.2, 0) is 28.5 Å². The maximum atomic E-state index is 13.8. The number of hydrogen-bond donors (Lipinski definition) is 4. The summed E-state index contributed by atoms with van der Waals surface area (Å²) >= 11 is 0. The first-order valence-corrected chi connectivity index (χ1v) is 20.2. The molecule has 4 amide bonds. The van der Waals surface area contributed by atoms with Crippen LogP contribution in [0.5, 0.6) is 0 Å². The monoisotopic (exact) mass is 832 g/mol. The average molecular weight is 833 g/mol. The molecule has 3 aromatic carbocycles. The molecule has 61 heavy (non-hydrogen) atoms. The van der Waals surface area contributed by atoms with Crippen LogP contribution >= 0.6 is 0 Å². The van der Waals surface area contributed by atoms with Crippen LogP contribution in [0.2, 0.25) is 0 Å². The number of benzene rings is 3. The third-order valence-corrected chi connectivity index (χ3v) is 11.6. The van der Waals surface area contributed by atoms with Crippen molar-refractivity contribution in [2.45, 2.75) is 70.0 Å². The number of nitrogens with one attached hydrogen (secondary N) is 4. The molecule has 2 aliphatic rings. The van der Waals surface area contributed by atoms with E-state index in [2.05, 4.69) is 73.0 Å². The lowest BCUT2D eigenvalue weighted by Gasteiger charge is -2.30. The molecular weight excluding hydrogens is 781 g/mol. The van der Waals surface area contributed by atoms with E-state index in [1.807, 2.05) is 31.2 Å². The molecule has 1 fully saturated rings. The lowest BCUT2D eigenvalue weighted by molar-refractivity contribution is -0.138. The molecule has 0 saturated carbocycles. The number of ether oxygens (including phenoxy) is 4.